The van der Waals surface area contributed by atoms with Crippen molar-refractivity contribution in [2.24, 2.45) is 11.7 Å². The summed E-state index contributed by atoms with van der Waals surface area (Å²) in [6.45, 7) is 2.88. The molecular weight excluding hydrogens is 232 g/mol. The second kappa shape index (κ2) is 5.08. The summed E-state index contributed by atoms with van der Waals surface area (Å²) < 4.78 is 5.33. The Kier molecular flexibility index (Phi) is 3.50. The van der Waals surface area contributed by atoms with E-state index in [-0.39, 0.29) is 18.2 Å². The Balaban J connectivity index is 2.12. The molecule has 1 saturated heterocycles. The van der Waals surface area contributed by atoms with Crippen LogP contribution in [0.15, 0.2) is 24.3 Å². The summed E-state index contributed by atoms with van der Waals surface area (Å²) >= 11 is 0. The van der Waals surface area contributed by atoms with E-state index in [0.717, 1.165) is 11.4 Å². The van der Waals surface area contributed by atoms with Crippen molar-refractivity contribution in [3.8, 4) is 5.75 Å². The highest BCUT2D eigenvalue weighted by atomic mass is 16.5. The number of hydrogen-bond acceptors (Lipinski definition) is 3. The van der Waals surface area contributed by atoms with Gasteiger partial charge in [0.25, 0.3) is 0 Å². The van der Waals surface area contributed by atoms with E-state index < -0.39 is 5.91 Å². The molecule has 0 spiro atoms. The standard InChI is InChI=1S/C13H16N2O3/c1-2-18-11-5-3-10(4-6-11)15-8-9(13(14)17)7-12(15)16/h3-6,9H,2,7-8H2,1H3,(H2,14,17)/t9-/m1/s1. The summed E-state index contributed by atoms with van der Waals surface area (Å²) in [7, 11) is 0. The highest BCUT2D eigenvalue weighted by Gasteiger charge is 2.33. The molecule has 2 N–H and O–H groups in total. The van der Waals surface area contributed by atoms with Gasteiger partial charge in [-0.1, -0.05) is 0 Å². The van der Waals surface area contributed by atoms with Crippen LogP contribution in [0.25, 0.3) is 0 Å². The van der Waals surface area contributed by atoms with Gasteiger partial charge < -0.3 is 15.4 Å². The fraction of sp³-hybridized carbons (Fsp3) is 0.385. The zero-order chi connectivity index (χ0) is 13.1. The first kappa shape index (κ1) is 12.4. The number of rotatable bonds is 4. The topological polar surface area (TPSA) is 72.6 Å². The number of ether oxygens (including phenoxy) is 1. The molecule has 0 aromatic heterocycles. The van der Waals surface area contributed by atoms with E-state index in [0.29, 0.717) is 13.2 Å². The van der Waals surface area contributed by atoms with Gasteiger partial charge in [-0.2, -0.15) is 0 Å². The average molecular weight is 248 g/mol. The minimum absolute atomic E-state index is 0.0667. The maximum absolute atomic E-state index is 11.8. The van der Waals surface area contributed by atoms with E-state index in [1.165, 1.54) is 0 Å². The van der Waals surface area contributed by atoms with Crippen LogP contribution in [0.5, 0.6) is 5.75 Å². The fourth-order valence-electron chi connectivity index (χ4n) is 2.04. The molecule has 1 aromatic carbocycles. The van der Waals surface area contributed by atoms with E-state index in [2.05, 4.69) is 0 Å². The Morgan fingerprint density at radius 2 is 2.11 bits per heavy atom. The summed E-state index contributed by atoms with van der Waals surface area (Å²) in [6.07, 6.45) is 0.197. The second-order valence-corrected chi connectivity index (χ2v) is 4.23. The maximum Gasteiger partial charge on any atom is 0.227 e. The molecule has 5 heteroatoms. The lowest BCUT2D eigenvalue weighted by Crippen LogP contribution is -2.28. The van der Waals surface area contributed by atoms with Gasteiger partial charge in [0.2, 0.25) is 11.8 Å². The van der Waals surface area contributed by atoms with Crippen molar-refractivity contribution >= 4 is 17.5 Å². The highest BCUT2D eigenvalue weighted by Crippen LogP contribution is 2.26. The molecule has 1 aromatic rings. The van der Waals surface area contributed by atoms with Crippen molar-refractivity contribution in [3.05, 3.63) is 24.3 Å². The molecule has 0 bridgehead atoms. The number of benzene rings is 1. The van der Waals surface area contributed by atoms with Crippen LogP contribution in [0.2, 0.25) is 0 Å². The van der Waals surface area contributed by atoms with Crippen molar-refractivity contribution in [1.82, 2.24) is 0 Å². The number of nitrogens with zero attached hydrogens (tertiary/aromatic N) is 1. The Morgan fingerprint density at radius 3 is 2.61 bits per heavy atom. The van der Waals surface area contributed by atoms with Gasteiger partial charge in [0.1, 0.15) is 5.75 Å². The van der Waals surface area contributed by atoms with E-state index >= 15 is 0 Å². The van der Waals surface area contributed by atoms with Crippen LogP contribution in [0.4, 0.5) is 5.69 Å². The number of primary amides is 1. The van der Waals surface area contributed by atoms with Crippen LogP contribution >= 0.6 is 0 Å². The number of carbonyl (C=O) groups is 2. The summed E-state index contributed by atoms with van der Waals surface area (Å²) in [5.74, 6) is -0.108. The molecule has 5 nitrogen and oxygen atoms in total. The van der Waals surface area contributed by atoms with Gasteiger partial charge in [-0.05, 0) is 31.2 Å². The molecular formula is C13H16N2O3. The van der Waals surface area contributed by atoms with Crippen molar-refractivity contribution in [2.45, 2.75) is 13.3 Å². The predicted octanol–water partition coefficient (Wildman–Crippen LogP) is 0.923. The molecule has 0 aliphatic carbocycles. The van der Waals surface area contributed by atoms with Gasteiger partial charge in [-0.3, -0.25) is 9.59 Å². The average Bonchev–Trinajstić information content (AvgIpc) is 2.73. The summed E-state index contributed by atoms with van der Waals surface area (Å²) in [6, 6.07) is 7.24. The zero-order valence-corrected chi connectivity index (χ0v) is 10.3. The third-order valence-electron chi connectivity index (χ3n) is 2.99. The molecule has 1 heterocycles. The quantitative estimate of drug-likeness (QED) is 0.861. The number of amides is 2. The molecule has 1 aliphatic rings. The molecule has 2 rings (SSSR count). The van der Waals surface area contributed by atoms with Crippen LogP contribution < -0.4 is 15.4 Å². The Morgan fingerprint density at radius 1 is 1.44 bits per heavy atom. The number of nitrogens with two attached hydrogens (primary N) is 1. The third kappa shape index (κ3) is 2.45. The molecule has 1 atom stereocenters. The lowest BCUT2D eigenvalue weighted by Gasteiger charge is -2.16. The van der Waals surface area contributed by atoms with Gasteiger partial charge in [0.15, 0.2) is 0 Å². The first-order valence-electron chi connectivity index (χ1n) is 5.94. The third-order valence-corrected chi connectivity index (χ3v) is 2.99. The predicted molar refractivity (Wildman–Crippen MR) is 67.3 cm³/mol. The highest BCUT2D eigenvalue weighted by molar-refractivity contribution is 6.00. The molecule has 1 aliphatic heterocycles. The molecule has 2 amide bonds. The molecule has 0 unspecified atom stereocenters. The molecule has 1 fully saturated rings. The Labute approximate surface area is 106 Å². The van der Waals surface area contributed by atoms with E-state index in [1.807, 2.05) is 31.2 Å². The van der Waals surface area contributed by atoms with Crippen molar-refractivity contribution < 1.29 is 14.3 Å². The number of carbonyl (C=O) groups excluding carboxylic acids is 2. The van der Waals surface area contributed by atoms with Gasteiger partial charge in [-0.15, -0.1) is 0 Å². The smallest absolute Gasteiger partial charge is 0.227 e. The minimum atomic E-state index is -0.420. The molecule has 0 radical (unpaired) electrons. The summed E-state index contributed by atoms with van der Waals surface area (Å²) in [5, 5.41) is 0. The SMILES string of the molecule is CCOc1ccc(N2C[C@H](C(N)=O)CC2=O)cc1. The number of anilines is 1. The van der Waals surface area contributed by atoms with E-state index in [1.54, 1.807) is 4.90 Å². The maximum atomic E-state index is 11.8. The first-order chi connectivity index (χ1) is 8.61. The van der Waals surface area contributed by atoms with Crippen LogP contribution in [0.1, 0.15) is 13.3 Å². The fourth-order valence-corrected chi connectivity index (χ4v) is 2.04. The van der Waals surface area contributed by atoms with Gasteiger partial charge in [0.05, 0.1) is 12.5 Å². The summed E-state index contributed by atoms with van der Waals surface area (Å²) in [5.41, 5.74) is 6.00. The van der Waals surface area contributed by atoms with Gasteiger partial charge in [-0.25, -0.2) is 0 Å². The second-order valence-electron chi connectivity index (χ2n) is 4.23. The van der Waals surface area contributed by atoms with Crippen LogP contribution in [0.3, 0.4) is 0 Å². The van der Waals surface area contributed by atoms with Gasteiger partial charge >= 0.3 is 0 Å². The summed E-state index contributed by atoms with van der Waals surface area (Å²) in [4.78, 5) is 24.5. The van der Waals surface area contributed by atoms with Crippen LogP contribution in [-0.4, -0.2) is 25.0 Å². The largest absolute Gasteiger partial charge is 0.494 e. The minimum Gasteiger partial charge on any atom is -0.494 e. The van der Waals surface area contributed by atoms with Gasteiger partial charge in [0, 0.05) is 18.7 Å². The zero-order valence-electron chi connectivity index (χ0n) is 10.3. The van der Waals surface area contributed by atoms with Crippen molar-refractivity contribution in [1.29, 1.82) is 0 Å². The van der Waals surface area contributed by atoms with E-state index in [4.69, 9.17) is 10.5 Å². The van der Waals surface area contributed by atoms with Crippen molar-refractivity contribution in [3.63, 3.8) is 0 Å². The van der Waals surface area contributed by atoms with E-state index in [9.17, 15) is 9.59 Å². The lowest BCUT2D eigenvalue weighted by molar-refractivity contribution is -0.123. The van der Waals surface area contributed by atoms with Crippen molar-refractivity contribution in [2.75, 3.05) is 18.1 Å². The van der Waals surface area contributed by atoms with Crippen LogP contribution in [-0.2, 0) is 9.59 Å². The molecule has 96 valence electrons. The first-order valence-corrected chi connectivity index (χ1v) is 5.94. The normalized spacial score (nSPS) is 19.1. The Bertz CT molecular complexity index is 456. The van der Waals surface area contributed by atoms with Crippen LogP contribution in [0, 0.1) is 5.92 Å². The monoisotopic (exact) mass is 248 g/mol. The Hall–Kier alpha value is -2.04. The number of hydrogen-bond donors (Lipinski definition) is 1. The lowest BCUT2D eigenvalue weighted by atomic mass is 10.1. The molecule has 18 heavy (non-hydrogen) atoms. The molecule has 0 saturated carbocycles.